The number of allylic oxidation sites excluding steroid dienone is 4. The molecule has 29 heavy (non-hydrogen) atoms. The summed E-state index contributed by atoms with van der Waals surface area (Å²) in [5, 5.41) is 4.11. The quantitative estimate of drug-likeness (QED) is 0.244. The van der Waals surface area contributed by atoms with Crippen LogP contribution in [-0.2, 0) is 6.16 Å². The van der Waals surface area contributed by atoms with E-state index in [0.717, 1.165) is 12.6 Å². The average molecular weight is 397 g/mol. The predicted molar refractivity (Wildman–Crippen MR) is 132 cm³/mol. The molecule has 0 N–H and O–H groups in total. The molecular formula is C28H29P. The van der Waals surface area contributed by atoms with Crippen molar-refractivity contribution in [2.24, 2.45) is 0 Å². The van der Waals surface area contributed by atoms with Crippen LogP contribution in [0.2, 0.25) is 0 Å². The molecule has 0 radical (unpaired) electrons. The first kappa shape index (κ1) is 20.9. The van der Waals surface area contributed by atoms with E-state index in [4.69, 9.17) is 0 Å². The monoisotopic (exact) mass is 396 g/mol. The van der Waals surface area contributed by atoms with Crippen molar-refractivity contribution in [1.82, 2.24) is 0 Å². The minimum absolute atomic E-state index is 0.906. The number of hydrogen-bond acceptors (Lipinski definition) is 0. The van der Waals surface area contributed by atoms with Crippen LogP contribution in [0.5, 0.6) is 0 Å². The van der Waals surface area contributed by atoms with Gasteiger partial charge in [-0.2, -0.15) is 0 Å². The third-order valence-corrected chi connectivity index (χ3v) is 10.1. The van der Waals surface area contributed by atoms with Gasteiger partial charge in [0.05, 0.1) is 0 Å². The molecular weight excluding hydrogens is 367 g/mol. The van der Waals surface area contributed by atoms with Crippen LogP contribution in [0.1, 0.15) is 25.8 Å². The Hall–Kier alpha value is -2.87. The summed E-state index contributed by atoms with van der Waals surface area (Å²) >= 11 is 0. The van der Waals surface area contributed by atoms with Gasteiger partial charge in [-0.25, -0.2) is 0 Å². The normalized spacial score (nSPS) is 12.4. The van der Waals surface area contributed by atoms with E-state index in [2.05, 4.69) is 128 Å². The van der Waals surface area contributed by atoms with E-state index in [1.165, 1.54) is 21.5 Å². The van der Waals surface area contributed by atoms with Gasteiger partial charge in [0.25, 0.3) is 0 Å². The van der Waals surface area contributed by atoms with Crippen molar-refractivity contribution in [2.45, 2.75) is 26.4 Å². The van der Waals surface area contributed by atoms with Crippen LogP contribution >= 0.6 is 7.26 Å². The molecule has 0 unspecified atom stereocenters. The first-order chi connectivity index (χ1) is 14.3. The Kier molecular flexibility index (Phi) is 7.63. The van der Waals surface area contributed by atoms with Crippen molar-refractivity contribution >= 4 is 17.9 Å². The summed E-state index contributed by atoms with van der Waals surface area (Å²) in [6.07, 6.45) is 8.57. The van der Waals surface area contributed by atoms with Crippen molar-refractivity contribution in [3.63, 3.8) is 0 Å². The minimum atomic E-state index is -2.34. The van der Waals surface area contributed by atoms with Gasteiger partial charge in [0, 0.05) is 0 Å². The summed E-state index contributed by atoms with van der Waals surface area (Å²) in [6.45, 7) is 4.02. The van der Waals surface area contributed by atoms with E-state index in [1.807, 2.05) is 6.92 Å². The molecule has 0 aromatic heterocycles. The molecule has 0 nitrogen and oxygen atoms in total. The summed E-state index contributed by atoms with van der Waals surface area (Å²) in [6, 6.07) is 32.9. The molecule has 0 aliphatic carbocycles. The standard InChI is InChI=1S/C28H29P/c1-3-5-9-19-26(16-4-2)29(27-20-12-7-13-21-27,28-22-14-8-15-23-28)24-25-17-10-6-11-18-25/h3,5-8,10-15,17-23,29H,9,24H2,1-2H3/b5-3-,26-19-. The molecule has 3 rings (SSSR count). The van der Waals surface area contributed by atoms with Crippen molar-refractivity contribution in [3.8, 4) is 11.8 Å². The zero-order valence-electron chi connectivity index (χ0n) is 17.3. The topological polar surface area (TPSA) is 0 Å². The predicted octanol–water partition coefficient (Wildman–Crippen LogP) is 6.46. The van der Waals surface area contributed by atoms with E-state index in [9.17, 15) is 0 Å². The van der Waals surface area contributed by atoms with Gasteiger partial charge in [-0.05, 0) is 0 Å². The van der Waals surface area contributed by atoms with Gasteiger partial charge < -0.3 is 0 Å². The molecule has 0 fully saturated rings. The second-order valence-corrected chi connectivity index (χ2v) is 11.0. The van der Waals surface area contributed by atoms with E-state index < -0.39 is 7.26 Å². The van der Waals surface area contributed by atoms with Gasteiger partial charge in [-0.15, -0.1) is 0 Å². The zero-order chi connectivity index (χ0) is 20.4. The van der Waals surface area contributed by atoms with Crippen LogP contribution in [0.15, 0.2) is 115 Å². The SMILES string of the molecule is CC#C/C(=C/C/C=C\C)[PH](Cc1ccccc1)(c1ccccc1)c1ccccc1. The third-order valence-electron chi connectivity index (χ3n) is 5.26. The molecule has 1 heteroatoms. The average Bonchev–Trinajstić information content (AvgIpc) is 2.79. The molecule has 0 bridgehead atoms. The van der Waals surface area contributed by atoms with Crippen LogP contribution in [0.3, 0.4) is 0 Å². The number of hydrogen-bond donors (Lipinski definition) is 0. The molecule has 0 atom stereocenters. The first-order valence-corrected chi connectivity index (χ1v) is 12.4. The third kappa shape index (κ3) is 4.95. The molecule has 0 amide bonds. The summed E-state index contributed by atoms with van der Waals surface area (Å²) in [4.78, 5) is 0. The summed E-state index contributed by atoms with van der Waals surface area (Å²) in [7, 11) is -2.34. The van der Waals surface area contributed by atoms with E-state index >= 15 is 0 Å². The molecule has 0 heterocycles. The van der Waals surface area contributed by atoms with Gasteiger partial charge in [0.15, 0.2) is 0 Å². The van der Waals surface area contributed by atoms with Crippen LogP contribution in [0.4, 0.5) is 0 Å². The zero-order valence-corrected chi connectivity index (χ0v) is 18.3. The van der Waals surface area contributed by atoms with Crippen LogP contribution in [0, 0.1) is 11.8 Å². The summed E-state index contributed by atoms with van der Waals surface area (Å²) < 4.78 is 0. The van der Waals surface area contributed by atoms with Crippen molar-refractivity contribution in [1.29, 1.82) is 0 Å². The van der Waals surface area contributed by atoms with Crippen molar-refractivity contribution < 1.29 is 0 Å². The maximum atomic E-state index is 3.54. The maximum absolute atomic E-state index is 3.54. The van der Waals surface area contributed by atoms with Crippen molar-refractivity contribution in [3.05, 3.63) is 120 Å². The molecule has 0 aliphatic rings. The van der Waals surface area contributed by atoms with Gasteiger partial charge in [0.1, 0.15) is 0 Å². The Bertz CT molecular complexity index is 964. The Balaban J connectivity index is 2.32. The fraction of sp³-hybridized carbons (Fsp3) is 0.143. The first-order valence-electron chi connectivity index (χ1n) is 10.2. The molecule has 0 spiro atoms. The molecule has 3 aromatic rings. The second-order valence-electron chi connectivity index (χ2n) is 7.10. The molecule has 0 saturated heterocycles. The second kappa shape index (κ2) is 10.6. The van der Waals surface area contributed by atoms with E-state index in [1.54, 1.807) is 0 Å². The Morgan fingerprint density at radius 2 is 1.31 bits per heavy atom. The fourth-order valence-corrected chi connectivity index (χ4v) is 8.64. The van der Waals surface area contributed by atoms with E-state index in [0.29, 0.717) is 0 Å². The van der Waals surface area contributed by atoms with Gasteiger partial charge in [0.2, 0.25) is 0 Å². The number of rotatable bonds is 7. The Labute approximate surface area is 176 Å². The molecule has 3 aromatic carbocycles. The van der Waals surface area contributed by atoms with Gasteiger partial charge in [-0.1, -0.05) is 0 Å². The molecule has 146 valence electrons. The molecule has 0 aliphatic heterocycles. The fourth-order valence-electron chi connectivity index (χ4n) is 3.91. The summed E-state index contributed by atoms with van der Waals surface area (Å²) in [5.74, 6) is 6.76. The Morgan fingerprint density at radius 1 is 0.793 bits per heavy atom. The van der Waals surface area contributed by atoms with Crippen LogP contribution in [-0.4, -0.2) is 0 Å². The summed E-state index contributed by atoms with van der Waals surface area (Å²) in [5.41, 5.74) is 1.36. The van der Waals surface area contributed by atoms with Gasteiger partial charge >= 0.3 is 176 Å². The van der Waals surface area contributed by atoms with E-state index in [-0.39, 0.29) is 0 Å². The van der Waals surface area contributed by atoms with Crippen molar-refractivity contribution in [2.75, 3.05) is 0 Å². The molecule has 0 saturated carbocycles. The van der Waals surface area contributed by atoms with Gasteiger partial charge in [-0.3, -0.25) is 0 Å². The van der Waals surface area contributed by atoms with Crippen LogP contribution < -0.4 is 10.6 Å². The number of benzene rings is 3. The van der Waals surface area contributed by atoms with Crippen LogP contribution in [0.25, 0.3) is 0 Å². The Morgan fingerprint density at radius 3 is 1.79 bits per heavy atom.